The predicted octanol–water partition coefficient (Wildman–Crippen LogP) is 4.08. The summed E-state index contributed by atoms with van der Waals surface area (Å²) in [6, 6.07) is 9.22. The van der Waals surface area contributed by atoms with Gasteiger partial charge in [-0.15, -0.1) is 0 Å². The third-order valence-corrected chi connectivity index (χ3v) is 2.96. The van der Waals surface area contributed by atoms with Crippen LogP contribution < -0.4 is 0 Å². The maximum Gasteiger partial charge on any atom is 0.0568 e. The van der Waals surface area contributed by atoms with Gasteiger partial charge in [-0.25, -0.2) is 0 Å². The summed E-state index contributed by atoms with van der Waals surface area (Å²) in [5.74, 6) is 0. The summed E-state index contributed by atoms with van der Waals surface area (Å²) in [5, 5.41) is 4.37. The van der Waals surface area contributed by atoms with Crippen LogP contribution in [0.15, 0.2) is 36.7 Å². The highest BCUT2D eigenvalue weighted by Crippen LogP contribution is 2.20. The number of hydrogen-bond acceptors (Lipinski definition) is 1. The van der Waals surface area contributed by atoms with Crippen LogP contribution in [0.1, 0.15) is 38.8 Å². The van der Waals surface area contributed by atoms with Crippen LogP contribution in [0.2, 0.25) is 0 Å². The molecule has 0 aliphatic rings. The van der Waals surface area contributed by atoms with Crippen molar-refractivity contribution >= 4 is 0 Å². The van der Waals surface area contributed by atoms with Crippen LogP contribution in [-0.2, 0) is 6.42 Å². The van der Waals surface area contributed by atoms with Crippen LogP contribution in [-0.4, -0.2) is 9.78 Å². The van der Waals surface area contributed by atoms with Crippen molar-refractivity contribution in [3.05, 3.63) is 42.2 Å². The minimum Gasteiger partial charge on any atom is -0.270 e. The number of benzene rings is 1. The summed E-state index contributed by atoms with van der Waals surface area (Å²) in [6.07, 6.45) is 6.41. The maximum absolute atomic E-state index is 4.37. The van der Waals surface area contributed by atoms with Gasteiger partial charge in [0.2, 0.25) is 0 Å². The Hall–Kier alpha value is -1.57. The van der Waals surface area contributed by atoms with E-state index in [1.165, 1.54) is 23.1 Å². The zero-order valence-electron chi connectivity index (χ0n) is 10.9. The molecule has 0 atom stereocenters. The lowest BCUT2D eigenvalue weighted by Gasteiger charge is -2.03. The largest absolute Gasteiger partial charge is 0.270 e. The first kappa shape index (κ1) is 11.9. The second-order valence-corrected chi connectivity index (χ2v) is 4.75. The highest BCUT2D eigenvalue weighted by molar-refractivity contribution is 5.61. The first-order valence-corrected chi connectivity index (χ1v) is 6.34. The number of aryl methyl sites for hydroxylation is 1. The summed E-state index contributed by atoms with van der Waals surface area (Å²) in [7, 11) is 0. The van der Waals surface area contributed by atoms with Crippen LogP contribution in [0.5, 0.6) is 0 Å². The molecular weight excluding hydrogens is 208 g/mol. The average molecular weight is 228 g/mol. The zero-order valence-corrected chi connectivity index (χ0v) is 10.9. The Morgan fingerprint density at radius 2 is 1.82 bits per heavy atom. The average Bonchev–Trinajstić information content (AvgIpc) is 2.80. The fourth-order valence-electron chi connectivity index (χ4n) is 1.92. The number of rotatable bonds is 4. The fourth-order valence-corrected chi connectivity index (χ4v) is 1.92. The van der Waals surface area contributed by atoms with Crippen molar-refractivity contribution in [1.82, 2.24) is 9.78 Å². The second-order valence-electron chi connectivity index (χ2n) is 4.75. The minimum atomic E-state index is 0.420. The smallest absolute Gasteiger partial charge is 0.0568 e. The lowest BCUT2D eigenvalue weighted by atomic mass is 10.0. The van der Waals surface area contributed by atoms with Crippen LogP contribution in [0, 0.1) is 0 Å². The van der Waals surface area contributed by atoms with Gasteiger partial charge in [-0.3, -0.25) is 4.68 Å². The van der Waals surface area contributed by atoms with Gasteiger partial charge < -0.3 is 0 Å². The highest BCUT2D eigenvalue weighted by Gasteiger charge is 2.03. The third kappa shape index (κ3) is 2.76. The summed E-state index contributed by atoms with van der Waals surface area (Å²) in [6.45, 7) is 6.49. The Balaban J connectivity index is 2.21. The van der Waals surface area contributed by atoms with E-state index < -0.39 is 0 Å². The molecule has 1 heterocycles. The van der Waals surface area contributed by atoms with Crippen molar-refractivity contribution < 1.29 is 0 Å². The number of nitrogens with zero attached hydrogens (tertiary/aromatic N) is 2. The van der Waals surface area contributed by atoms with Crippen molar-refractivity contribution in [1.29, 1.82) is 0 Å². The van der Waals surface area contributed by atoms with E-state index in [0.29, 0.717) is 6.04 Å². The van der Waals surface area contributed by atoms with Crippen molar-refractivity contribution in [2.24, 2.45) is 0 Å². The van der Waals surface area contributed by atoms with E-state index >= 15 is 0 Å². The van der Waals surface area contributed by atoms with E-state index in [9.17, 15) is 0 Å². The molecule has 2 nitrogen and oxygen atoms in total. The van der Waals surface area contributed by atoms with E-state index in [2.05, 4.69) is 56.3 Å². The summed E-state index contributed by atoms with van der Waals surface area (Å²) < 4.78 is 2.00. The summed E-state index contributed by atoms with van der Waals surface area (Å²) >= 11 is 0. The van der Waals surface area contributed by atoms with E-state index in [0.717, 1.165) is 6.42 Å². The Morgan fingerprint density at radius 1 is 1.12 bits per heavy atom. The first-order chi connectivity index (χ1) is 8.20. The van der Waals surface area contributed by atoms with Crippen LogP contribution in [0.4, 0.5) is 0 Å². The van der Waals surface area contributed by atoms with E-state index in [-0.39, 0.29) is 0 Å². The van der Waals surface area contributed by atoms with Gasteiger partial charge >= 0.3 is 0 Å². The Kier molecular flexibility index (Phi) is 3.62. The van der Waals surface area contributed by atoms with Gasteiger partial charge in [-0.05, 0) is 31.4 Å². The molecular formula is C15H20N2. The third-order valence-electron chi connectivity index (χ3n) is 2.96. The molecule has 0 bridgehead atoms. The van der Waals surface area contributed by atoms with Crippen molar-refractivity contribution in [3.63, 3.8) is 0 Å². The Labute approximate surface area is 103 Å². The van der Waals surface area contributed by atoms with Crippen LogP contribution in [0.3, 0.4) is 0 Å². The maximum atomic E-state index is 4.37. The molecule has 2 heteroatoms. The molecule has 2 rings (SSSR count). The van der Waals surface area contributed by atoms with Crippen LogP contribution in [0.25, 0.3) is 11.1 Å². The van der Waals surface area contributed by atoms with Crippen molar-refractivity contribution in [2.45, 2.75) is 39.7 Å². The Bertz CT molecular complexity index is 466. The molecule has 0 saturated carbocycles. The van der Waals surface area contributed by atoms with Crippen LogP contribution >= 0.6 is 0 Å². The molecule has 1 aromatic carbocycles. The second kappa shape index (κ2) is 5.17. The lowest BCUT2D eigenvalue weighted by molar-refractivity contribution is 0.532. The molecule has 0 N–H and O–H groups in total. The molecule has 0 fully saturated rings. The van der Waals surface area contributed by atoms with Gasteiger partial charge in [0.15, 0.2) is 0 Å². The molecule has 0 aliphatic carbocycles. The molecule has 90 valence electrons. The van der Waals surface area contributed by atoms with Crippen molar-refractivity contribution in [2.75, 3.05) is 0 Å². The molecule has 0 aliphatic heterocycles. The highest BCUT2D eigenvalue weighted by atomic mass is 15.3. The Morgan fingerprint density at radius 3 is 2.35 bits per heavy atom. The van der Waals surface area contributed by atoms with Gasteiger partial charge in [0.1, 0.15) is 0 Å². The predicted molar refractivity (Wildman–Crippen MR) is 72.0 cm³/mol. The molecule has 17 heavy (non-hydrogen) atoms. The zero-order chi connectivity index (χ0) is 12.3. The monoisotopic (exact) mass is 228 g/mol. The molecule has 0 amide bonds. The van der Waals surface area contributed by atoms with Gasteiger partial charge in [-0.2, -0.15) is 5.10 Å². The topological polar surface area (TPSA) is 17.8 Å². The quantitative estimate of drug-likeness (QED) is 0.771. The lowest BCUT2D eigenvalue weighted by Crippen LogP contribution is -1.99. The normalized spacial score (nSPS) is 11.1. The fraction of sp³-hybridized carbons (Fsp3) is 0.400. The van der Waals surface area contributed by atoms with Crippen molar-refractivity contribution in [3.8, 4) is 11.1 Å². The summed E-state index contributed by atoms with van der Waals surface area (Å²) in [5.41, 5.74) is 3.85. The molecule has 2 aromatic rings. The molecule has 0 radical (unpaired) electrons. The van der Waals surface area contributed by atoms with Gasteiger partial charge in [0, 0.05) is 17.8 Å². The standard InChI is InChI=1S/C15H20N2/c1-4-5-13-6-8-14(9-7-13)15-10-16-17(11-15)12(2)3/h6-12H,4-5H2,1-3H3. The minimum absolute atomic E-state index is 0.420. The van der Waals surface area contributed by atoms with E-state index in [1.54, 1.807) is 0 Å². The summed E-state index contributed by atoms with van der Waals surface area (Å²) in [4.78, 5) is 0. The molecule has 1 aromatic heterocycles. The number of aromatic nitrogens is 2. The molecule has 0 saturated heterocycles. The van der Waals surface area contributed by atoms with Gasteiger partial charge in [-0.1, -0.05) is 37.6 Å². The van der Waals surface area contributed by atoms with E-state index in [1.807, 2.05) is 10.9 Å². The molecule has 0 unspecified atom stereocenters. The van der Waals surface area contributed by atoms with Gasteiger partial charge in [0.05, 0.1) is 6.20 Å². The number of hydrogen-bond donors (Lipinski definition) is 0. The first-order valence-electron chi connectivity index (χ1n) is 6.34. The SMILES string of the molecule is CCCc1ccc(-c2cnn(C(C)C)c2)cc1. The van der Waals surface area contributed by atoms with Gasteiger partial charge in [0.25, 0.3) is 0 Å². The molecule has 0 spiro atoms. The van der Waals surface area contributed by atoms with E-state index in [4.69, 9.17) is 0 Å².